The van der Waals surface area contributed by atoms with Crippen molar-refractivity contribution in [1.82, 2.24) is 10.2 Å². The monoisotopic (exact) mass is 418 g/mol. The molecule has 0 unspecified atom stereocenters. The van der Waals surface area contributed by atoms with Crippen molar-refractivity contribution in [3.05, 3.63) is 41.1 Å². The van der Waals surface area contributed by atoms with E-state index in [0.717, 1.165) is 37.8 Å². The lowest BCUT2D eigenvalue weighted by atomic mass is 9.53. The van der Waals surface area contributed by atoms with E-state index in [9.17, 15) is 18.0 Å². The minimum absolute atomic E-state index is 0.0896. The SMILES string of the molecule is CN1C=C(C(=O)NC2CC3(C2)CC(Oc2ccc(C#N)c(C(F)(F)F)c2)C3)C=NC1. The van der Waals surface area contributed by atoms with E-state index in [-0.39, 0.29) is 29.2 Å². The molecule has 1 spiro atoms. The summed E-state index contributed by atoms with van der Waals surface area (Å²) < 4.78 is 45.0. The van der Waals surface area contributed by atoms with Gasteiger partial charge >= 0.3 is 6.18 Å². The molecule has 1 N–H and O–H groups in total. The van der Waals surface area contributed by atoms with Crippen LogP contribution < -0.4 is 10.1 Å². The van der Waals surface area contributed by atoms with Crippen LogP contribution in [0, 0.1) is 16.7 Å². The number of alkyl halides is 3. The van der Waals surface area contributed by atoms with Crippen molar-refractivity contribution in [3.8, 4) is 11.8 Å². The van der Waals surface area contributed by atoms with Crippen LogP contribution in [-0.4, -0.2) is 42.9 Å². The van der Waals surface area contributed by atoms with Gasteiger partial charge in [-0.15, -0.1) is 0 Å². The topological polar surface area (TPSA) is 77.7 Å². The molecule has 1 aromatic rings. The van der Waals surface area contributed by atoms with Crippen LogP contribution in [0.25, 0.3) is 0 Å². The minimum atomic E-state index is -4.60. The van der Waals surface area contributed by atoms with Gasteiger partial charge in [0.1, 0.15) is 12.4 Å². The first kappa shape index (κ1) is 20.3. The molecule has 0 radical (unpaired) electrons. The lowest BCUT2D eigenvalue weighted by Crippen LogP contribution is -2.59. The zero-order valence-corrected chi connectivity index (χ0v) is 16.4. The second kappa shape index (κ2) is 7.35. The summed E-state index contributed by atoms with van der Waals surface area (Å²) >= 11 is 0. The standard InChI is InChI=1S/C21H21F3N4O2/c1-28-11-14(10-26-12-28)19(29)27-15-5-20(6-15)7-17(8-20)30-16-3-2-13(9-25)18(4-16)21(22,23)24/h2-4,10-11,15,17H,5-8,12H2,1H3,(H,27,29). The Kier molecular flexibility index (Phi) is 4.96. The minimum Gasteiger partial charge on any atom is -0.490 e. The summed E-state index contributed by atoms with van der Waals surface area (Å²) in [6, 6.07) is 5.09. The third-order valence-electron chi connectivity index (χ3n) is 5.89. The Hall–Kier alpha value is -3.02. The van der Waals surface area contributed by atoms with Crippen molar-refractivity contribution < 1.29 is 22.7 Å². The van der Waals surface area contributed by atoms with E-state index in [1.807, 2.05) is 11.9 Å². The highest BCUT2D eigenvalue weighted by atomic mass is 19.4. The van der Waals surface area contributed by atoms with Crippen LogP contribution in [0.2, 0.25) is 0 Å². The number of hydrogen-bond donors (Lipinski definition) is 1. The molecule has 4 rings (SSSR count). The number of amides is 1. The van der Waals surface area contributed by atoms with Gasteiger partial charge in [-0.05, 0) is 49.3 Å². The largest absolute Gasteiger partial charge is 0.490 e. The number of benzene rings is 1. The van der Waals surface area contributed by atoms with Crippen molar-refractivity contribution in [2.24, 2.45) is 10.4 Å². The van der Waals surface area contributed by atoms with Crippen LogP contribution in [-0.2, 0) is 11.0 Å². The number of ether oxygens (including phenoxy) is 1. The third-order valence-corrected chi connectivity index (χ3v) is 5.89. The van der Waals surface area contributed by atoms with Crippen LogP contribution in [0.1, 0.15) is 36.8 Å². The third kappa shape index (κ3) is 3.99. The van der Waals surface area contributed by atoms with Crippen molar-refractivity contribution in [1.29, 1.82) is 5.26 Å². The van der Waals surface area contributed by atoms with Gasteiger partial charge in [0.05, 0.1) is 28.9 Å². The number of halogens is 3. The molecule has 1 heterocycles. The molecule has 2 aliphatic carbocycles. The summed E-state index contributed by atoms with van der Waals surface area (Å²) in [4.78, 5) is 18.2. The number of nitriles is 1. The van der Waals surface area contributed by atoms with Crippen LogP contribution >= 0.6 is 0 Å². The highest BCUT2D eigenvalue weighted by Crippen LogP contribution is 2.56. The van der Waals surface area contributed by atoms with Crippen LogP contribution in [0.15, 0.2) is 35.0 Å². The van der Waals surface area contributed by atoms with Gasteiger partial charge in [0.15, 0.2) is 0 Å². The van der Waals surface area contributed by atoms with Gasteiger partial charge in [-0.3, -0.25) is 9.79 Å². The number of nitrogens with one attached hydrogen (secondary N) is 1. The van der Waals surface area contributed by atoms with E-state index in [1.54, 1.807) is 18.5 Å². The van der Waals surface area contributed by atoms with Crippen LogP contribution in [0.3, 0.4) is 0 Å². The smallest absolute Gasteiger partial charge is 0.417 e. The van der Waals surface area contributed by atoms with Crippen LogP contribution in [0.4, 0.5) is 13.2 Å². The van der Waals surface area contributed by atoms with Crippen molar-refractivity contribution in [2.45, 2.75) is 44.0 Å². The second-order valence-corrected chi connectivity index (χ2v) is 8.34. The van der Waals surface area contributed by atoms with Gasteiger partial charge in [-0.1, -0.05) is 0 Å². The summed E-state index contributed by atoms with van der Waals surface area (Å²) in [5.74, 6) is -0.0208. The highest BCUT2D eigenvalue weighted by molar-refractivity contribution is 6.12. The molecule has 1 amide bonds. The molecule has 1 aliphatic heterocycles. The zero-order valence-electron chi connectivity index (χ0n) is 16.4. The number of aliphatic imine (C=N–C) groups is 1. The fourth-order valence-electron chi connectivity index (χ4n) is 4.50. The van der Waals surface area contributed by atoms with Gasteiger partial charge in [-0.25, -0.2) is 0 Å². The normalized spacial score (nSPS) is 27.6. The molecule has 2 fully saturated rings. The molecule has 158 valence electrons. The van der Waals surface area contributed by atoms with Gasteiger partial charge in [0.25, 0.3) is 5.91 Å². The average Bonchev–Trinajstić information content (AvgIpc) is 2.63. The van der Waals surface area contributed by atoms with Gasteiger partial charge in [-0.2, -0.15) is 18.4 Å². The quantitative estimate of drug-likeness (QED) is 0.814. The van der Waals surface area contributed by atoms with Crippen molar-refractivity contribution >= 4 is 12.1 Å². The van der Waals surface area contributed by atoms with Gasteiger partial charge in [0.2, 0.25) is 0 Å². The Morgan fingerprint density at radius 3 is 2.70 bits per heavy atom. The molecule has 9 heteroatoms. The first-order chi connectivity index (χ1) is 14.2. The Morgan fingerprint density at radius 2 is 2.07 bits per heavy atom. The fraction of sp³-hybridized carbons (Fsp3) is 0.476. The summed E-state index contributed by atoms with van der Waals surface area (Å²) in [5, 5.41) is 11.9. The van der Waals surface area contributed by atoms with E-state index in [4.69, 9.17) is 10.00 Å². The second-order valence-electron chi connectivity index (χ2n) is 8.34. The molecule has 0 atom stereocenters. The highest BCUT2D eigenvalue weighted by Gasteiger charge is 2.54. The Morgan fingerprint density at radius 1 is 1.33 bits per heavy atom. The molecule has 1 aromatic carbocycles. The maximum atomic E-state index is 13.1. The van der Waals surface area contributed by atoms with E-state index >= 15 is 0 Å². The molecule has 6 nitrogen and oxygen atoms in total. The average molecular weight is 418 g/mol. The zero-order chi connectivity index (χ0) is 21.5. The Bertz CT molecular complexity index is 950. The van der Waals surface area contributed by atoms with Crippen molar-refractivity contribution in [3.63, 3.8) is 0 Å². The molecule has 30 heavy (non-hydrogen) atoms. The maximum Gasteiger partial charge on any atom is 0.417 e. The van der Waals surface area contributed by atoms with E-state index in [1.165, 1.54) is 6.07 Å². The number of carbonyl (C=O) groups is 1. The molecule has 0 bridgehead atoms. The maximum absolute atomic E-state index is 13.1. The lowest BCUT2D eigenvalue weighted by molar-refractivity contribution is -0.138. The Balaban J connectivity index is 1.27. The molecular formula is C21H21F3N4O2. The molecular weight excluding hydrogens is 397 g/mol. The van der Waals surface area contributed by atoms with Gasteiger partial charge in [0, 0.05) is 25.5 Å². The Labute approximate surface area is 172 Å². The summed E-state index contributed by atoms with van der Waals surface area (Å²) in [6.07, 6.45) is 1.73. The summed E-state index contributed by atoms with van der Waals surface area (Å²) in [5.41, 5.74) is -0.773. The lowest BCUT2D eigenvalue weighted by Gasteiger charge is -2.57. The van der Waals surface area contributed by atoms with E-state index < -0.39 is 17.3 Å². The van der Waals surface area contributed by atoms with Crippen molar-refractivity contribution in [2.75, 3.05) is 13.7 Å². The number of hydrogen-bond acceptors (Lipinski definition) is 5. The predicted octanol–water partition coefficient (Wildman–Crippen LogP) is 3.24. The van der Waals surface area contributed by atoms with Gasteiger partial charge < -0.3 is 15.0 Å². The van der Waals surface area contributed by atoms with E-state index in [2.05, 4.69) is 10.3 Å². The molecule has 2 saturated carbocycles. The van der Waals surface area contributed by atoms with E-state index in [0.29, 0.717) is 12.2 Å². The predicted molar refractivity (Wildman–Crippen MR) is 103 cm³/mol. The molecule has 3 aliphatic rings. The first-order valence-corrected chi connectivity index (χ1v) is 9.68. The number of nitrogens with zero attached hydrogens (tertiary/aromatic N) is 3. The fourth-order valence-corrected chi connectivity index (χ4v) is 4.50. The summed E-state index contributed by atoms with van der Waals surface area (Å²) in [7, 11) is 1.85. The summed E-state index contributed by atoms with van der Waals surface area (Å²) in [6.45, 7) is 0.536. The molecule has 0 aromatic heterocycles. The first-order valence-electron chi connectivity index (χ1n) is 9.68. The van der Waals surface area contributed by atoms with Crippen LogP contribution in [0.5, 0.6) is 5.75 Å². The molecule has 0 saturated heterocycles. The number of carbonyl (C=O) groups excluding carboxylic acids is 1. The number of rotatable bonds is 4.